The van der Waals surface area contributed by atoms with Gasteiger partial charge in [0, 0.05) is 11.1 Å². The Morgan fingerprint density at radius 2 is 1.82 bits per heavy atom. The second-order valence-electron chi connectivity index (χ2n) is 4.91. The van der Waals surface area contributed by atoms with Gasteiger partial charge in [-0.05, 0) is 42.3 Å². The van der Waals surface area contributed by atoms with Gasteiger partial charge in [-0.15, -0.1) is 0 Å². The Labute approximate surface area is 133 Å². The number of carbonyl (C=O) groups excluding carboxylic acids is 1. The molecule has 0 bridgehead atoms. The van der Waals surface area contributed by atoms with Crippen LogP contribution in [0.2, 0.25) is 5.02 Å². The lowest BCUT2D eigenvalue weighted by molar-refractivity contribution is 0.0918. The number of rotatable bonds is 6. The highest BCUT2D eigenvalue weighted by Crippen LogP contribution is 2.29. The van der Waals surface area contributed by atoms with Gasteiger partial charge in [-0.25, -0.2) is 0 Å². The molecule has 2 rings (SSSR count). The maximum Gasteiger partial charge on any atom is 0.203 e. The fourth-order valence-corrected chi connectivity index (χ4v) is 2.20. The molecule has 0 spiro atoms. The monoisotopic (exact) mass is 320 g/mol. The van der Waals surface area contributed by atoms with Crippen molar-refractivity contribution >= 4 is 17.4 Å². The van der Waals surface area contributed by atoms with Gasteiger partial charge in [0.2, 0.25) is 5.78 Å². The molecule has 0 aliphatic rings. The third-order valence-electron chi connectivity index (χ3n) is 3.20. The average molecular weight is 321 g/mol. The van der Waals surface area contributed by atoms with E-state index in [1.54, 1.807) is 24.3 Å². The maximum absolute atomic E-state index is 12.2. The van der Waals surface area contributed by atoms with Crippen molar-refractivity contribution in [3.05, 3.63) is 52.5 Å². The molecule has 0 unspecified atom stereocenters. The van der Waals surface area contributed by atoms with Gasteiger partial charge in [0.15, 0.2) is 6.61 Å². The summed E-state index contributed by atoms with van der Waals surface area (Å²) in [5.41, 5.74) is 0.783. The highest BCUT2D eigenvalue weighted by atomic mass is 35.5. The van der Waals surface area contributed by atoms with Crippen molar-refractivity contribution in [2.75, 3.05) is 6.61 Å². The number of phenols is 2. The van der Waals surface area contributed by atoms with Gasteiger partial charge in [0.1, 0.15) is 17.2 Å². The van der Waals surface area contributed by atoms with Gasteiger partial charge < -0.3 is 14.9 Å². The number of ketones is 1. The van der Waals surface area contributed by atoms with Crippen LogP contribution in [-0.4, -0.2) is 22.6 Å². The number of carbonyl (C=O) groups is 1. The molecule has 0 fully saturated rings. The lowest BCUT2D eigenvalue weighted by atomic mass is 10.0. The molecular formula is C17H17ClO4. The van der Waals surface area contributed by atoms with E-state index >= 15 is 0 Å². The summed E-state index contributed by atoms with van der Waals surface area (Å²) in [6.07, 6.45) is 1.46. The Morgan fingerprint density at radius 1 is 1.14 bits per heavy atom. The first-order valence-electron chi connectivity index (χ1n) is 6.97. The van der Waals surface area contributed by atoms with Crippen LogP contribution in [-0.2, 0) is 6.42 Å². The number of ether oxygens (including phenoxy) is 1. The summed E-state index contributed by atoms with van der Waals surface area (Å²) in [5.74, 6) is -0.0915. The van der Waals surface area contributed by atoms with Crippen LogP contribution >= 0.6 is 11.6 Å². The second-order valence-corrected chi connectivity index (χ2v) is 5.35. The van der Waals surface area contributed by atoms with Gasteiger partial charge in [-0.2, -0.15) is 0 Å². The number of phenolic OH excluding ortho intramolecular Hbond substituents is 2. The highest BCUT2D eigenvalue weighted by molar-refractivity contribution is 6.30. The number of halogens is 1. The van der Waals surface area contributed by atoms with E-state index in [0.717, 1.165) is 6.42 Å². The molecule has 116 valence electrons. The third-order valence-corrected chi connectivity index (χ3v) is 3.45. The fourth-order valence-electron chi connectivity index (χ4n) is 2.07. The summed E-state index contributed by atoms with van der Waals surface area (Å²) >= 11 is 5.77. The van der Waals surface area contributed by atoms with Crippen LogP contribution in [0, 0.1) is 0 Å². The van der Waals surface area contributed by atoms with Crippen LogP contribution in [0.1, 0.15) is 29.3 Å². The molecule has 2 N–H and O–H groups in total. The van der Waals surface area contributed by atoms with Crippen molar-refractivity contribution in [1.29, 1.82) is 0 Å². The predicted molar refractivity (Wildman–Crippen MR) is 85.0 cm³/mol. The van der Waals surface area contributed by atoms with E-state index in [4.69, 9.17) is 16.3 Å². The van der Waals surface area contributed by atoms with Crippen molar-refractivity contribution in [2.45, 2.75) is 19.8 Å². The summed E-state index contributed by atoms with van der Waals surface area (Å²) in [4.78, 5) is 12.2. The number of benzene rings is 2. The number of aromatic hydroxyl groups is 2. The van der Waals surface area contributed by atoms with Crippen molar-refractivity contribution in [3.63, 3.8) is 0 Å². The minimum atomic E-state index is -0.357. The summed E-state index contributed by atoms with van der Waals surface area (Å²) in [6.45, 7) is 1.77. The van der Waals surface area contributed by atoms with Gasteiger partial charge in [0.05, 0.1) is 5.56 Å². The fraction of sp³-hybridized carbons (Fsp3) is 0.235. The minimum Gasteiger partial charge on any atom is -0.508 e. The SMILES string of the molecule is CCCc1cc(C(=O)COc2ccc(Cl)cc2)c(O)cc1O. The summed E-state index contributed by atoms with van der Waals surface area (Å²) in [5, 5.41) is 20.2. The molecule has 0 saturated carbocycles. The first-order chi connectivity index (χ1) is 10.5. The van der Waals surface area contributed by atoms with Crippen LogP contribution < -0.4 is 4.74 Å². The van der Waals surface area contributed by atoms with E-state index in [0.29, 0.717) is 22.8 Å². The number of hydrogen-bond acceptors (Lipinski definition) is 4. The molecule has 0 atom stereocenters. The number of aryl methyl sites for hydroxylation is 1. The Morgan fingerprint density at radius 3 is 2.45 bits per heavy atom. The standard InChI is InChI=1S/C17H17ClO4/c1-2-3-11-8-14(16(20)9-15(11)19)17(21)10-22-13-6-4-12(18)5-7-13/h4-9,19-20H,2-3,10H2,1H3. The Kier molecular flexibility index (Phi) is 5.28. The molecule has 0 heterocycles. The van der Waals surface area contributed by atoms with E-state index in [-0.39, 0.29) is 29.5 Å². The first-order valence-corrected chi connectivity index (χ1v) is 7.35. The molecule has 0 amide bonds. The molecule has 0 saturated heterocycles. The van der Waals surface area contributed by atoms with Crippen molar-refractivity contribution in [2.24, 2.45) is 0 Å². The van der Waals surface area contributed by atoms with E-state index < -0.39 is 0 Å². The third kappa shape index (κ3) is 3.92. The largest absolute Gasteiger partial charge is 0.508 e. The Balaban J connectivity index is 2.11. The van der Waals surface area contributed by atoms with Crippen LogP contribution in [0.4, 0.5) is 0 Å². The van der Waals surface area contributed by atoms with Gasteiger partial charge in [-0.3, -0.25) is 4.79 Å². The number of Topliss-reactive ketones (excluding diaryl/α,β-unsaturated/α-hetero) is 1. The number of hydrogen-bond donors (Lipinski definition) is 2. The van der Waals surface area contributed by atoms with Gasteiger partial charge >= 0.3 is 0 Å². The molecule has 0 aromatic heterocycles. The van der Waals surface area contributed by atoms with Gasteiger partial charge in [0.25, 0.3) is 0 Å². The summed E-state index contributed by atoms with van der Waals surface area (Å²) < 4.78 is 5.38. The zero-order valence-corrected chi connectivity index (χ0v) is 12.9. The molecular weight excluding hydrogens is 304 g/mol. The van der Waals surface area contributed by atoms with E-state index in [1.165, 1.54) is 12.1 Å². The van der Waals surface area contributed by atoms with Crippen molar-refractivity contribution < 1.29 is 19.7 Å². The van der Waals surface area contributed by atoms with Crippen LogP contribution in [0.25, 0.3) is 0 Å². The van der Waals surface area contributed by atoms with Crippen LogP contribution in [0.5, 0.6) is 17.2 Å². The molecule has 2 aromatic rings. The highest BCUT2D eigenvalue weighted by Gasteiger charge is 2.15. The molecule has 5 heteroatoms. The lowest BCUT2D eigenvalue weighted by Crippen LogP contribution is -2.12. The summed E-state index contributed by atoms with van der Waals surface area (Å²) in [7, 11) is 0. The lowest BCUT2D eigenvalue weighted by Gasteiger charge is -2.10. The molecule has 22 heavy (non-hydrogen) atoms. The molecule has 4 nitrogen and oxygen atoms in total. The van der Waals surface area contributed by atoms with Crippen molar-refractivity contribution in [1.82, 2.24) is 0 Å². The second kappa shape index (κ2) is 7.18. The molecule has 0 aliphatic heterocycles. The molecule has 0 aliphatic carbocycles. The minimum absolute atomic E-state index is 0.00507. The Hall–Kier alpha value is -2.20. The summed E-state index contributed by atoms with van der Waals surface area (Å²) in [6, 6.07) is 9.36. The smallest absolute Gasteiger partial charge is 0.203 e. The normalized spacial score (nSPS) is 10.5. The maximum atomic E-state index is 12.2. The topological polar surface area (TPSA) is 66.8 Å². The average Bonchev–Trinajstić information content (AvgIpc) is 2.49. The van der Waals surface area contributed by atoms with E-state index in [9.17, 15) is 15.0 Å². The van der Waals surface area contributed by atoms with Gasteiger partial charge in [-0.1, -0.05) is 24.9 Å². The van der Waals surface area contributed by atoms with Crippen LogP contribution in [0.3, 0.4) is 0 Å². The van der Waals surface area contributed by atoms with Crippen molar-refractivity contribution in [3.8, 4) is 17.2 Å². The molecule has 0 radical (unpaired) electrons. The molecule has 2 aromatic carbocycles. The van der Waals surface area contributed by atoms with E-state index in [2.05, 4.69) is 0 Å². The first kappa shape index (κ1) is 16.2. The van der Waals surface area contributed by atoms with E-state index in [1.807, 2.05) is 6.92 Å². The van der Waals surface area contributed by atoms with Crippen LogP contribution in [0.15, 0.2) is 36.4 Å². The quantitative estimate of drug-likeness (QED) is 0.790. The Bertz CT molecular complexity index is 665. The zero-order valence-electron chi connectivity index (χ0n) is 12.2. The zero-order chi connectivity index (χ0) is 16.1. The predicted octanol–water partition coefficient (Wildman–Crippen LogP) is 3.97.